The molecule has 0 radical (unpaired) electrons. The average molecular weight is 361 g/mol. The van der Waals surface area contributed by atoms with Crippen LogP contribution in [0, 0.1) is 20.8 Å². The largest absolute Gasteiger partial charge is 0.453 e. The van der Waals surface area contributed by atoms with Crippen LogP contribution in [0.15, 0.2) is 17.5 Å². The number of aromatic nitrogens is 1. The van der Waals surface area contributed by atoms with Crippen LogP contribution in [-0.2, 0) is 16.0 Å². The van der Waals surface area contributed by atoms with Gasteiger partial charge in [0.2, 0.25) is 5.78 Å². The smallest absolute Gasteiger partial charge is 0.349 e. The third-order valence-electron chi connectivity index (χ3n) is 4.67. The second-order valence-electron chi connectivity index (χ2n) is 6.46. The van der Waals surface area contributed by atoms with Gasteiger partial charge >= 0.3 is 5.97 Å². The quantitative estimate of drug-likeness (QED) is 0.582. The summed E-state index contributed by atoms with van der Waals surface area (Å²) in [5.41, 5.74) is 3.42. The highest BCUT2D eigenvalue weighted by atomic mass is 32.1. The molecule has 134 valence electrons. The van der Waals surface area contributed by atoms with E-state index in [0.717, 1.165) is 42.9 Å². The molecule has 0 N–H and O–H groups in total. The van der Waals surface area contributed by atoms with Crippen LogP contribution in [0.4, 0.5) is 0 Å². The summed E-state index contributed by atoms with van der Waals surface area (Å²) in [7, 11) is 0. The Morgan fingerprint density at radius 1 is 1.36 bits per heavy atom. The van der Waals surface area contributed by atoms with Gasteiger partial charge in [-0.05, 0) is 56.7 Å². The monoisotopic (exact) mass is 361 g/mol. The third-order valence-corrected chi connectivity index (χ3v) is 5.66. The standard InChI is InChI=1S/C19H23NO4S/c1-12-6-8-25-18(12)19(22)24-11-17(21)16-9-13(2)20(14(16)3)10-15-5-4-7-23-15/h6,8-9,15H,4-5,7,10-11H2,1-3H3/t15-/m0/s1. The van der Waals surface area contributed by atoms with Crippen molar-refractivity contribution >= 4 is 23.1 Å². The van der Waals surface area contributed by atoms with Gasteiger partial charge < -0.3 is 14.0 Å². The maximum absolute atomic E-state index is 12.5. The molecule has 0 bridgehead atoms. The molecule has 0 amide bonds. The number of esters is 1. The van der Waals surface area contributed by atoms with E-state index < -0.39 is 5.97 Å². The lowest BCUT2D eigenvalue weighted by atomic mass is 10.1. The molecule has 2 aromatic heterocycles. The van der Waals surface area contributed by atoms with Crippen molar-refractivity contribution in [2.75, 3.05) is 13.2 Å². The van der Waals surface area contributed by atoms with Crippen molar-refractivity contribution in [3.8, 4) is 0 Å². The number of thiophene rings is 1. The van der Waals surface area contributed by atoms with Gasteiger partial charge in [0.1, 0.15) is 4.88 Å². The average Bonchev–Trinajstić information content (AvgIpc) is 3.30. The van der Waals surface area contributed by atoms with Gasteiger partial charge in [-0.3, -0.25) is 4.79 Å². The minimum absolute atomic E-state index is 0.172. The Labute approximate surface area is 151 Å². The van der Waals surface area contributed by atoms with Gasteiger partial charge in [-0.2, -0.15) is 0 Å². The van der Waals surface area contributed by atoms with E-state index in [1.807, 2.05) is 38.3 Å². The summed E-state index contributed by atoms with van der Waals surface area (Å²) in [5, 5.41) is 1.84. The van der Waals surface area contributed by atoms with Crippen LogP contribution >= 0.6 is 11.3 Å². The number of hydrogen-bond donors (Lipinski definition) is 0. The topological polar surface area (TPSA) is 57.5 Å². The third kappa shape index (κ3) is 3.85. The van der Waals surface area contributed by atoms with Crippen molar-refractivity contribution in [3.63, 3.8) is 0 Å². The maximum Gasteiger partial charge on any atom is 0.349 e. The molecular weight excluding hydrogens is 338 g/mol. The summed E-state index contributed by atoms with van der Waals surface area (Å²) >= 11 is 1.33. The minimum Gasteiger partial charge on any atom is -0.453 e. The molecule has 1 aliphatic heterocycles. The summed E-state index contributed by atoms with van der Waals surface area (Å²) in [5.74, 6) is -0.608. The van der Waals surface area contributed by atoms with Crippen LogP contribution in [0.5, 0.6) is 0 Å². The lowest BCUT2D eigenvalue weighted by Crippen LogP contribution is -2.18. The number of ether oxygens (including phenoxy) is 2. The first-order valence-electron chi connectivity index (χ1n) is 8.50. The Kier molecular flexibility index (Phi) is 5.39. The minimum atomic E-state index is -0.436. The maximum atomic E-state index is 12.5. The van der Waals surface area contributed by atoms with Crippen molar-refractivity contribution in [3.05, 3.63) is 44.9 Å². The Bertz CT molecular complexity index is 783. The van der Waals surface area contributed by atoms with Crippen molar-refractivity contribution in [2.45, 2.75) is 46.3 Å². The zero-order valence-electron chi connectivity index (χ0n) is 14.8. The molecule has 1 atom stereocenters. The van der Waals surface area contributed by atoms with Crippen molar-refractivity contribution in [1.29, 1.82) is 0 Å². The fraction of sp³-hybridized carbons (Fsp3) is 0.474. The molecule has 25 heavy (non-hydrogen) atoms. The molecule has 0 spiro atoms. The number of aryl methyl sites for hydroxylation is 2. The highest BCUT2D eigenvalue weighted by Crippen LogP contribution is 2.21. The number of Topliss-reactive ketones (excluding diaryl/α,β-unsaturated/α-hetero) is 1. The summed E-state index contributed by atoms with van der Waals surface area (Å²) in [4.78, 5) is 25.1. The van der Waals surface area contributed by atoms with Gasteiger partial charge in [-0.25, -0.2) is 4.79 Å². The van der Waals surface area contributed by atoms with Crippen LogP contribution in [0.3, 0.4) is 0 Å². The Morgan fingerprint density at radius 3 is 2.80 bits per heavy atom. The number of carbonyl (C=O) groups excluding carboxylic acids is 2. The Hall–Kier alpha value is -1.92. The Balaban J connectivity index is 1.66. The van der Waals surface area contributed by atoms with Crippen LogP contribution in [-0.4, -0.2) is 35.6 Å². The van der Waals surface area contributed by atoms with Crippen molar-refractivity contribution in [2.24, 2.45) is 0 Å². The first-order chi connectivity index (χ1) is 12.0. The second kappa shape index (κ2) is 7.54. The lowest BCUT2D eigenvalue weighted by Gasteiger charge is -2.14. The molecule has 3 rings (SSSR count). The molecule has 1 saturated heterocycles. The highest BCUT2D eigenvalue weighted by Gasteiger charge is 2.22. The van der Waals surface area contributed by atoms with Crippen molar-refractivity contribution in [1.82, 2.24) is 4.57 Å². The van der Waals surface area contributed by atoms with Crippen molar-refractivity contribution < 1.29 is 19.1 Å². The summed E-state index contributed by atoms with van der Waals surface area (Å²) in [6.07, 6.45) is 2.36. The molecule has 1 fully saturated rings. The van der Waals surface area contributed by atoms with E-state index in [-0.39, 0.29) is 18.5 Å². The van der Waals surface area contributed by atoms with E-state index in [0.29, 0.717) is 10.4 Å². The van der Waals surface area contributed by atoms with Gasteiger partial charge in [-0.15, -0.1) is 11.3 Å². The molecule has 2 aromatic rings. The molecule has 0 saturated carbocycles. The first kappa shape index (κ1) is 17.9. The molecule has 0 aromatic carbocycles. The fourth-order valence-electron chi connectivity index (χ4n) is 3.21. The van der Waals surface area contributed by atoms with E-state index in [4.69, 9.17) is 9.47 Å². The molecule has 1 aliphatic rings. The SMILES string of the molecule is Cc1ccsc1C(=O)OCC(=O)c1cc(C)n(C[C@@H]2CCCO2)c1C. The second-order valence-corrected chi connectivity index (χ2v) is 7.38. The van der Waals surface area contributed by atoms with Crippen LogP contribution in [0.1, 0.15) is 49.8 Å². The summed E-state index contributed by atoms with van der Waals surface area (Å²) in [6, 6.07) is 3.73. The molecule has 3 heterocycles. The fourth-order valence-corrected chi connectivity index (χ4v) is 4.03. The zero-order valence-corrected chi connectivity index (χ0v) is 15.6. The van der Waals surface area contributed by atoms with E-state index >= 15 is 0 Å². The molecule has 6 heteroatoms. The van der Waals surface area contributed by atoms with E-state index in [9.17, 15) is 9.59 Å². The summed E-state index contributed by atoms with van der Waals surface area (Å²) < 4.78 is 13.0. The normalized spacial score (nSPS) is 17.0. The Morgan fingerprint density at radius 2 is 2.16 bits per heavy atom. The van der Waals surface area contributed by atoms with Crippen LogP contribution < -0.4 is 0 Å². The van der Waals surface area contributed by atoms with Crippen LogP contribution in [0.25, 0.3) is 0 Å². The number of hydrogen-bond acceptors (Lipinski definition) is 5. The van der Waals surface area contributed by atoms with E-state index in [1.54, 1.807) is 0 Å². The van der Waals surface area contributed by atoms with Crippen LogP contribution in [0.2, 0.25) is 0 Å². The lowest BCUT2D eigenvalue weighted by molar-refractivity contribution is 0.0478. The number of rotatable bonds is 6. The predicted molar refractivity (Wildman–Crippen MR) is 96.5 cm³/mol. The van der Waals surface area contributed by atoms with Gasteiger partial charge in [0, 0.05) is 30.1 Å². The predicted octanol–water partition coefficient (Wildman–Crippen LogP) is 3.69. The van der Waals surface area contributed by atoms with Gasteiger partial charge in [0.25, 0.3) is 0 Å². The zero-order chi connectivity index (χ0) is 18.0. The molecule has 0 aliphatic carbocycles. The summed E-state index contributed by atoms with van der Waals surface area (Å²) in [6.45, 7) is 7.11. The van der Waals surface area contributed by atoms with E-state index in [2.05, 4.69) is 4.57 Å². The van der Waals surface area contributed by atoms with Gasteiger partial charge in [-0.1, -0.05) is 0 Å². The van der Waals surface area contributed by atoms with E-state index in [1.165, 1.54) is 11.3 Å². The van der Waals surface area contributed by atoms with Gasteiger partial charge in [0.15, 0.2) is 6.61 Å². The molecule has 5 nitrogen and oxygen atoms in total. The highest BCUT2D eigenvalue weighted by molar-refractivity contribution is 7.12. The molecular formula is C19H23NO4S. The number of nitrogens with zero attached hydrogens (tertiary/aromatic N) is 1. The number of ketones is 1. The van der Waals surface area contributed by atoms with Gasteiger partial charge in [0.05, 0.1) is 6.10 Å². The first-order valence-corrected chi connectivity index (χ1v) is 9.38. The molecule has 0 unspecified atom stereocenters. The number of carbonyl (C=O) groups is 2.